The van der Waals surface area contributed by atoms with Gasteiger partial charge in [-0.2, -0.15) is 8.78 Å². The van der Waals surface area contributed by atoms with E-state index < -0.39 is 40.6 Å². The number of nitrogens with zero attached hydrogens (tertiary/aromatic N) is 2. The largest absolute Gasteiger partial charge is 0.593 e. The average molecular weight is 487 g/mol. The van der Waals surface area contributed by atoms with Crippen molar-refractivity contribution in [1.82, 2.24) is 9.21 Å². The van der Waals surface area contributed by atoms with E-state index in [1.54, 1.807) is 30.9 Å². The fraction of sp³-hybridized carbons (Fsp3) is 0.636. The molecule has 1 unspecified atom stereocenters. The van der Waals surface area contributed by atoms with Crippen LogP contribution in [0.1, 0.15) is 52.7 Å². The zero-order valence-corrected chi connectivity index (χ0v) is 19.8. The van der Waals surface area contributed by atoms with Crippen LogP contribution in [0.25, 0.3) is 0 Å². The minimum atomic E-state index is -3.54. The van der Waals surface area contributed by atoms with E-state index in [0.29, 0.717) is 48.2 Å². The maximum Gasteiger partial charge on any atom is 0.429 e. The lowest BCUT2D eigenvalue weighted by Gasteiger charge is -2.37. The van der Waals surface area contributed by atoms with E-state index in [-0.39, 0.29) is 31.8 Å². The molecule has 1 atom stereocenters. The Hall–Kier alpha value is -1.79. The van der Waals surface area contributed by atoms with Crippen molar-refractivity contribution in [3.63, 3.8) is 0 Å². The standard InChI is InChI=1S/C22H32F2N4O4S/c1-14-11-16(19(30)27-7-3-17(29)4-8-27)12-15(2)18(14)13-22(23,24)33(32)28-9-5-21(26,6-10-28)20(25)31/h11-12,17,29H,3-10,13,26H2,1-2H3,(H2,25,31). The number of primary amides is 1. The molecule has 8 nitrogen and oxygen atoms in total. The first kappa shape index (κ1) is 25.8. The van der Waals surface area contributed by atoms with Crippen molar-refractivity contribution in [3.8, 4) is 0 Å². The Morgan fingerprint density at radius 3 is 2.18 bits per heavy atom. The maximum absolute atomic E-state index is 15.0. The van der Waals surface area contributed by atoms with E-state index in [0.717, 1.165) is 4.31 Å². The summed E-state index contributed by atoms with van der Waals surface area (Å²) in [5, 5.41) is 6.10. The van der Waals surface area contributed by atoms with Crippen LogP contribution in [0.3, 0.4) is 0 Å². The van der Waals surface area contributed by atoms with E-state index in [4.69, 9.17) is 11.5 Å². The first-order valence-electron chi connectivity index (χ1n) is 11.0. The van der Waals surface area contributed by atoms with Gasteiger partial charge in [-0.1, -0.05) is 0 Å². The van der Waals surface area contributed by atoms with Gasteiger partial charge < -0.3 is 26.0 Å². The Morgan fingerprint density at radius 2 is 1.70 bits per heavy atom. The third kappa shape index (κ3) is 5.65. The van der Waals surface area contributed by atoms with Crippen molar-refractivity contribution >= 4 is 23.2 Å². The van der Waals surface area contributed by atoms with Crippen LogP contribution in [0.4, 0.5) is 8.78 Å². The van der Waals surface area contributed by atoms with E-state index in [1.807, 2.05) is 0 Å². The number of piperidine rings is 2. The molecule has 2 fully saturated rings. The minimum absolute atomic E-state index is 0.0163. The molecule has 0 aromatic heterocycles. The maximum atomic E-state index is 15.0. The number of aryl methyl sites for hydroxylation is 2. The molecule has 2 amide bonds. The minimum Gasteiger partial charge on any atom is -0.593 e. The number of carbonyl (C=O) groups excluding carboxylic acids is 2. The van der Waals surface area contributed by atoms with Crippen LogP contribution in [-0.4, -0.2) is 73.8 Å². The van der Waals surface area contributed by atoms with Crippen LogP contribution in [0.5, 0.6) is 0 Å². The molecule has 2 saturated heterocycles. The molecule has 2 aliphatic heterocycles. The Kier molecular flexibility index (Phi) is 7.69. The third-order valence-electron chi connectivity index (χ3n) is 6.67. The number of rotatable bonds is 6. The molecule has 0 spiro atoms. The smallest absolute Gasteiger partial charge is 0.429 e. The molecule has 33 heavy (non-hydrogen) atoms. The normalized spacial score (nSPS) is 21.1. The number of carbonyl (C=O) groups is 2. The van der Waals surface area contributed by atoms with Gasteiger partial charge in [0.15, 0.2) is 0 Å². The van der Waals surface area contributed by atoms with Gasteiger partial charge in [-0.3, -0.25) is 9.59 Å². The average Bonchev–Trinajstić information content (AvgIpc) is 2.76. The summed E-state index contributed by atoms with van der Waals surface area (Å²) in [6, 6.07) is 3.18. The molecule has 0 radical (unpaired) electrons. The Labute approximate surface area is 195 Å². The lowest BCUT2D eigenvalue weighted by Crippen LogP contribution is -2.60. The highest BCUT2D eigenvalue weighted by Crippen LogP contribution is 2.34. The van der Waals surface area contributed by atoms with Crippen molar-refractivity contribution in [1.29, 1.82) is 0 Å². The quantitative estimate of drug-likeness (QED) is 0.513. The second-order valence-corrected chi connectivity index (χ2v) is 10.7. The molecule has 11 heteroatoms. The number of amides is 2. The van der Waals surface area contributed by atoms with Crippen molar-refractivity contribution in [2.75, 3.05) is 26.2 Å². The Morgan fingerprint density at radius 1 is 1.18 bits per heavy atom. The van der Waals surface area contributed by atoms with E-state index in [1.165, 1.54) is 0 Å². The highest BCUT2D eigenvalue weighted by Gasteiger charge is 2.51. The lowest BCUT2D eigenvalue weighted by atomic mass is 9.89. The molecule has 1 aromatic carbocycles. The summed E-state index contributed by atoms with van der Waals surface area (Å²) in [7, 11) is 0. The molecule has 0 aliphatic carbocycles. The molecule has 2 aliphatic rings. The predicted molar refractivity (Wildman–Crippen MR) is 121 cm³/mol. The zero-order valence-electron chi connectivity index (χ0n) is 19.0. The summed E-state index contributed by atoms with van der Waals surface area (Å²) in [4.78, 5) is 26.0. The van der Waals surface area contributed by atoms with Gasteiger partial charge in [0.05, 0.1) is 18.1 Å². The first-order valence-corrected chi connectivity index (χ1v) is 12.2. The molecule has 2 heterocycles. The first-order chi connectivity index (χ1) is 15.3. The summed E-state index contributed by atoms with van der Waals surface area (Å²) in [6.07, 6.45) is 0.0168. The van der Waals surface area contributed by atoms with Crippen LogP contribution in [0, 0.1) is 13.8 Å². The molecule has 184 valence electrons. The summed E-state index contributed by atoms with van der Waals surface area (Å²) in [5.41, 5.74) is 11.7. The van der Waals surface area contributed by atoms with E-state index >= 15 is 8.78 Å². The molecule has 0 saturated carbocycles. The van der Waals surface area contributed by atoms with Gasteiger partial charge >= 0.3 is 5.25 Å². The molecule has 0 bridgehead atoms. The van der Waals surface area contributed by atoms with Crippen LogP contribution < -0.4 is 11.5 Å². The van der Waals surface area contributed by atoms with Crippen molar-refractivity contribution in [2.45, 2.75) is 62.8 Å². The van der Waals surface area contributed by atoms with Crippen molar-refractivity contribution < 1.29 is 28.0 Å². The Bertz CT molecular complexity index is 877. The van der Waals surface area contributed by atoms with Gasteiger partial charge in [-0.15, -0.1) is 4.31 Å². The van der Waals surface area contributed by atoms with Crippen LogP contribution in [-0.2, 0) is 22.6 Å². The SMILES string of the molecule is Cc1cc(C(=O)N2CCC(O)CC2)cc(C)c1CC(F)(F)[S+]([O-])N1CCC(N)(C(N)=O)CC1. The molecular formula is C22H32F2N4O4S. The van der Waals surface area contributed by atoms with Gasteiger partial charge in [0.1, 0.15) is 11.4 Å². The summed E-state index contributed by atoms with van der Waals surface area (Å²) < 4.78 is 43.9. The van der Waals surface area contributed by atoms with E-state index in [2.05, 4.69) is 0 Å². The van der Waals surface area contributed by atoms with Crippen molar-refractivity contribution in [3.05, 3.63) is 34.4 Å². The van der Waals surface area contributed by atoms with Crippen LogP contribution in [0.15, 0.2) is 12.1 Å². The zero-order chi connectivity index (χ0) is 24.6. The number of benzene rings is 1. The fourth-order valence-electron chi connectivity index (χ4n) is 4.40. The van der Waals surface area contributed by atoms with Gasteiger partial charge in [0.25, 0.3) is 5.91 Å². The van der Waals surface area contributed by atoms with Crippen molar-refractivity contribution in [2.24, 2.45) is 11.5 Å². The number of alkyl halides is 2. The highest BCUT2D eigenvalue weighted by molar-refractivity contribution is 7.90. The fourth-order valence-corrected chi connectivity index (χ4v) is 5.56. The number of hydrogen-bond acceptors (Lipinski definition) is 6. The van der Waals surface area contributed by atoms with Gasteiger partial charge in [0.2, 0.25) is 5.91 Å². The lowest BCUT2D eigenvalue weighted by molar-refractivity contribution is -0.124. The third-order valence-corrected chi connectivity index (χ3v) is 8.16. The van der Waals surface area contributed by atoms with E-state index in [9.17, 15) is 19.2 Å². The highest BCUT2D eigenvalue weighted by atomic mass is 32.2. The number of halogens is 2. The number of likely N-dealkylation sites (tertiary alicyclic amines) is 1. The van der Waals surface area contributed by atoms with Gasteiger partial charge in [-0.25, -0.2) is 0 Å². The Balaban J connectivity index is 1.70. The summed E-state index contributed by atoms with van der Waals surface area (Å²) in [6.45, 7) is 4.19. The van der Waals surface area contributed by atoms with Crippen LogP contribution in [0.2, 0.25) is 0 Å². The van der Waals surface area contributed by atoms with Gasteiger partial charge in [-0.05, 0) is 68.4 Å². The van der Waals surface area contributed by atoms with Gasteiger partial charge in [0, 0.05) is 31.7 Å². The number of aliphatic hydroxyl groups excluding tert-OH is 1. The second-order valence-electron chi connectivity index (χ2n) is 9.12. The molecule has 5 N–H and O–H groups in total. The summed E-state index contributed by atoms with van der Waals surface area (Å²) in [5.74, 6) is -0.885. The number of aliphatic hydroxyl groups is 1. The topological polar surface area (TPSA) is 136 Å². The molecule has 1 aromatic rings. The number of hydrogen-bond donors (Lipinski definition) is 3. The summed E-state index contributed by atoms with van der Waals surface area (Å²) >= 11 is -2.61. The monoisotopic (exact) mass is 486 g/mol. The predicted octanol–water partition coefficient (Wildman–Crippen LogP) is 0.978. The second kappa shape index (κ2) is 9.83. The molecular weight excluding hydrogens is 454 g/mol. The number of nitrogens with two attached hydrogens (primary N) is 2. The molecule has 3 rings (SSSR count). The van der Waals surface area contributed by atoms with Crippen LogP contribution >= 0.6 is 0 Å².